The molecule has 0 radical (unpaired) electrons. The average Bonchev–Trinajstić information content (AvgIpc) is 3.21. The van der Waals surface area contributed by atoms with E-state index >= 15 is 0 Å². The molecule has 1 aromatic carbocycles. The first-order valence-electron chi connectivity index (χ1n) is 9.79. The molecule has 1 fully saturated rings. The van der Waals surface area contributed by atoms with Crippen molar-refractivity contribution in [1.29, 1.82) is 0 Å². The van der Waals surface area contributed by atoms with E-state index in [1.807, 2.05) is 42.2 Å². The van der Waals surface area contributed by atoms with Gasteiger partial charge in [0, 0.05) is 43.2 Å². The molecule has 1 aromatic rings. The SMILES string of the molecule is CCO[C@@H]1OC(C(=O)N2CCCC2)=C[C@H](c2ccc(Cl)cc2)[C@@H]1CCCO. The molecule has 2 heterocycles. The highest BCUT2D eigenvalue weighted by Crippen LogP contribution is 2.40. The van der Waals surface area contributed by atoms with Gasteiger partial charge in [-0.25, -0.2) is 0 Å². The maximum Gasteiger partial charge on any atom is 0.288 e. The van der Waals surface area contributed by atoms with Gasteiger partial charge < -0.3 is 19.5 Å². The highest BCUT2D eigenvalue weighted by molar-refractivity contribution is 6.30. The number of aliphatic hydroxyl groups excluding tert-OH is 1. The van der Waals surface area contributed by atoms with E-state index in [-0.39, 0.29) is 24.3 Å². The Hall–Kier alpha value is -1.56. The first-order chi connectivity index (χ1) is 13.1. The molecule has 1 N–H and O–H groups in total. The van der Waals surface area contributed by atoms with Crippen LogP contribution in [-0.4, -0.2) is 48.5 Å². The minimum Gasteiger partial charge on any atom is -0.459 e. The molecule has 0 aliphatic carbocycles. The van der Waals surface area contributed by atoms with Crippen molar-refractivity contribution in [3.05, 3.63) is 46.7 Å². The first-order valence-corrected chi connectivity index (χ1v) is 10.2. The van der Waals surface area contributed by atoms with E-state index in [9.17, 15) is 9.90 Å². The number of carbonyl (C=O) groups is 1. The maximum atomic E-state index is 12.9. The molecule has 148 valence electrons. The van der Waals surface area contributed by atoms with Crippen LogP contribution < -0.4 is 0 Å². The third kappa shape index (κ3) is 4.84. The largest absolute Gasteiger partial charge is 0.459 e. The second-order valence-corrected chi connectivity index (χ2v) is 7.52. The van der Waals surface area contributed by atoms with E-state index < -0.39 is 6.29 Å². The molecule has 6 heteroatoms. The maximum absolute atomic E-state index is 12.9. The summed E-state index contributed by atoms with van der Waals surface area (Å²) < 4.78 is 11.9. The average molecular weight is 394 g/mol. The molecule has 0 aromatic heterocycles. The van der Waals surface area contributed by atoms with Gasteiger partial charge in [-0.3, -0.25) is 4.79 Å². The van der Waals surface area contributed by atoms with Crippen molar-refractivity contribution in [1.82, 2.24) is 4.90 Å². The minimum absolute atomic E-state index is 0.0217. The number of ether oxygens (including phenoxy) is 2. The zero-order valence-electron chi connectivity index (χ0n) is 15.8. The van der Waals surface area contributed by atoms with Gasteiger partial charge in [-0.15, -0.1) is 0 Å². The van der Waals surface area contributed by atoms with E-state index in [0.29, 0.717) is 23.8 Å². The zero-order chi connectivity index (χ0) is 19.2. The van der Waals surface area contributed by atoms with Gasteiger partial charge in [-0.2, -0.15) is 0 Å². The first kappa shape index (κ1) is 20.2. The molecule has 0 bridgehead atoms. The molecule has 2 aliphatic rings. The number of allylic oxidation sites excluding steroid dienone is 1. The lowest BCUT2D eigenvalue weighted by molar-refractivity contribution is -0.170. The summed E-state index contributed by atoms with van der Waals surface area (Å²) in [4.78, 5) is 14.8. The van der Waals surface area contributed by atoms with Crippen LogP contribution in [0.3, 0.4) is 0 Å². The fourth-order valence-corrected chi connectivity index (χ4v) is 4.02. The molecule has 0 spiro atoms. The Morgan fingerprint density at radius 1 is 1.30 bits per heavy atom. The van der Waals surface area contributed by atoms with E-state index in [0.717, 1.165) is 37.9 Å². The van der Waals surface area contributed by atoms with Crippen LogP contribution in [0.1, 0.15) is 44.1 Å². The second-order valence-electron chi connectivity index (χ2n) is 7.08. The number of nitrogens with zero attached hydrogens (tertiary/aromatic N) is 1. The topological polar surface area (TPSA) is 59.0 Å². The zero-order valence-corrected chi connectivity index (χ0v) is 16.5. The standard InChI is InChI=1S/C21H28ClNO4/c1-2-26-21-17(6-5-13-24)18(15-7-9-16(22)10-8-15)14-19(27-21)20(25)23-11-3-4-12-23/h7-10,14,17-18,21,24H,2-6,11-13H2,1H3/t17-,18+,21+/m0/s1. The van der Waals surface area contributed by atoms with E-state index in [4.69, 9.17) is 21.1 Å². The van der Waals surface area contributed by atoms with E-state index in [1.165, 1.54) is 0 Å². The number of rotatable bonds is 7. The van der Waals surface area contributed by atoms with Crippen molar-refractivity contribution in [2.45, 2.75) is 44.8 Å². The summed E-state index contributed by atoms with van der Waals surface area (Å²) in [5, 5.41) is 9.99. The number of carbonyl (C=O) groups excluding carboxylic acids is 1. The normalized spacial score (nSPS) is 25.2. The lowest BCUT2D eigenvalue weighted by Crippen LogP contribution is -2.39. The summed E-state index contributed by atoms with van der Waals surface area (Å²) in [6.07, 6.45) is 4.90. The van der Waals surface area contributed by atoms with E-state index in [2.05, 4.69) is 0 Å². The summed E-state index contributed by atoms with van der Waals surface area (Å²) in [5.74, 6) is 0.307. The molecule has 3 rings (SSSR count). The van der Waals surface area contributed by atoms with Crippen LogP contribution in [0.25, 0.3) is 0 Å². The Balaban J connectivity index is 1.93. The Bertz CT molecular complexity index is 655. The molecule has 2 aliphatic heterocycles. The van der Waals surface area contributed by atoms with Crippen molar-refractivity contribution in [2.24, 2.45) is 5.92 Å². The van der Waals surface area contributed by atoms with Crippen LogP contribution in [-0.2, 0) is 14.3 Å². The van der Waals surface area contributed by atoms with E-state index in [1.54, 1.807) is 0 Å². The second kappa shape index (κ2) is 9.58. The number of hydrogen-bond acceptors (Lipinski definition) is 4. The number of aliphatic hydroxyl groups is 1. The number of amides is 1. The fraction of sp³-hybridized carbons (Fsp3) is 0.571. The van der Waals surface area contributed by atoms with Crippen LogP contribution >= 0.6 is 11.6 Å². The molecule has 1 saturated heterocycles. The predicted molar refractivity (Wildman–Crippen MR) is 104 cm³/mol. The van der Waals surface area contributed by atoms with Gasteiger partial charge in [0.2, 0.25) is 6.29 Å². The van der Waals surface area contributed by atoms with Crippen LogP contribution in [0.15, 0.2) is 36.1 Å². The summed E-state index contributed by atoms with van der Waals surface area (Å²) in [6, 6.07) is 7.70. The van der Waals surface area contributed by atoms with Gasteiger partial charge in [-0.1, -0.05) is 23.7 Å². The smallest absolute Gasteiger partial charge is 0.288 e. The summed E-state index contributed by atoms with van der Waals surface area (Å²) in [7, 11) is 0. The Morgan fingerprint density at radius 2 is 2.00 bits per heavy atom. The van der Waals surface area contributed by atoms with Crippen molar-refractivity contribution in [2.75, 3.05) is 26.3 Å². The van der Waals surface area contributed by atoms with Crippen molar-refractivity contribution >= 4 is 17.5 Å². The Labute approximate surface area is 165 Å². The number of benzene rings is 1. The van der Waals surface area contributed by atoms with Crippen LogP contribution in [0, 0.1) is 5.92 Å². The Kier molecular flexibility index (Phi) is 7.16. The van der Waals surface area contributed by atoms with Crippen LogP contribution in [0.4, 0.5) is 0 Å². The summed E-state index contributed by atoms with van der Waals surface area (Å²) in [6.45, 7) is 4.09. The van der Waals surface area contributed by atoms with Crippen molar-refractivity contribution in [3.63, 3.8) is 0 Å². The molecule has 1 amide bonds. The fourth-order valence-electron chi connectivity index (χ4n) is 3.90. The summed E-state index contributed by atoms with van der Waals surface area (Å²) >= 11 is 6.06. The molecular formula is C21H28ClNO4. The van der Waals surface area contributed by atoms with Gasteiger partial charge in [-0.05, 0) is 56.4 Å². The number of halogens is 1. The number of likely N-dealkylation sites (tertiary alicyclic amines) is 1. The molecular weight excluding hydrogens is 366 g/mol. The van der Waals surface area contributed by atoms with Crippen molar-refractivity contribution in [3.8, 4) is 0 Å². The molecule has 27 heavy (non-hydrogen) atoms. The van der Waals surface area contributed by atoms with Gasteiger partial charge in [0.05, 0.1) is 0 Å². The predicted octanol–water partition coefficient (Wildman–Crippen LogP) is 3.71. The van der Waals surface area contributed by atoms with Gasteiger partial charge in [0.15, 0.2) is 5.76 Å². The minimum atomic E-state index is -0.506. The Morgan fingerprint density at radius 3 is 2.63 bits per heavy atom. The quantitative estimate of drug-likeness (QED) is 0.767. The van der Waals surface area contributed by atoms with Crippen molar-refractivity contribution < 1.29 is 19.4 Å². The third-order valence-corrected chi connectivity index (χ3v) is 5.52. The monoisotopic (exact) mass is 393 g/mol. The third-order valence-electron chi connectivity index (χ3n) is 5.27. The molecule has 5 nitrogen and oxygen atoms in total. The lowest BCUT2D eigenvalue weighted by Gasteiger charge is -2.37. The lowest BCUT2D eigenvalue weighted by atomic mass is 9.80. The highest BCUT2D eigenvalue weighted by atomic mass is 35.5. The highest BCUT2D eigenvalue weighted by Gasteiger charge is 2.39. The molecule has 3 atom stereocenters. The van der Waals surface area contributed by atoms with Gasteiger partial charge in [0.25, 0.3) is 5.91 Å². The van der Waals surface area contributed by atoms with Crippen LogP contribution in [0.2, 0.25) is 5.02 Å². The number of hydrogen-bond donors (Lipinski definition) is 1. The van der Waals surface area contributed by atoms with Crippen LogP contribution in [0.5, 0.6) is 0 Å². The molecule has 0 unspecified atom stereocenters. The summed E-state index contributed by atoms with van der Waals surface area (Å²) in [5.41, 5.74) is 1.07. The van der Waals surface area contributed by atoms with Gasteiger partial charge >= 0.3 is 0 Å². The van der Waals surface area contributed by atoms with Gasteiger partial charge in [0.1, 0.15) is 0 Å². The molecule has 0 saturated carbocycles.